The summed E-state index contributed by atoms with van der Waals surface area (Å²) < 4.78 is 7.80. The summed E-state index contributed by atoms with van der Waals surface area (Å²) in [4.78, 5) is 19.6. The summed E-state index contributed by atoms with van der Waals surface area (Å²) in [5.41, 5.74) is 3.60. The average molecular weight is 363 g/mol. The van der Waals surface area contributed by atoms with E-state index in [1.54, 1.807) is 0 Å². The highest BCUT2D eigenvalue weighted by molar-refractivity contribution is 5.94. The summed E-state index contributed by atoms with van der Waals surface area (Å²) in [5, 5.41) is 0. The molecule has 0 aliphatic carbocycles. The van der Waals surface area contributed by atoms with Gasteiger partial charge in [0.1, 0.15) is 11.3 Å². The molecule has 0 radical (unpaired) electrons. The van der Waals surface area contributed by atoms with E-state index in [-0.39, 0.29) is 12.0 Å². The summed E-state index contributed by atoms with van der Waals surface area (Å²) in [6.45, 7) is 3.77. The van der Waals surface area contributed by atoms with E-state index in [1.165, 1.54) is 5.56 Å². The Balaban J connectivity index is 1.40. The van der Waals surface area contributed by atoms with E-state index in [0.717, 1.165) is 30.6 Å². The molecule has 140 valence electrons. The van der Waals surface area contributed by atoms with Crippen LogP contribution in [0.25, 0.3) is 5.65 Å². The molecule has 1 amide bonds. The van der Waals surface area contributed by atoms with Crippen LogP contribution in [0.3, 0.4) is 0 Å². The maximum absolute atomic E-state index is 13.1. The summed E-state index contributed by atoms with van der Waals surface area (Å²) in [7, 11) is 0. The van der Waals surface area contributed by atoms with Gasteiger partial charge >= 0.3 is 0 Å². The normalized spacial score (nSPS) is 17.4. The summed E-state index contributed by atoms with van der Waals surface area (Å²) >= 11 is 0. The second kappa shape index (κ2) is 7.92. The zero-order valence-corrected chi connectivity index (χ0v) is 15.7. The third-order valence-electron chi connectivity index (χ3n) is 5.17. The first-order valence-electron chi connectivity index (χ1n) is 9.61. The predicted molar refractivity (Wildman–Crippen MR) is 105 cm³/mol. The number of benzene rings is 1. The number of hydrogen-bond donors (Lipinski definition) is 0. The van der Waals surface area contributed by atoms with Crippen LogP contribution < -0.4 is 0 Å². The lowest BCUT2D eigenvalue weighted by Crippen LogP contribution is -2.46. The zero-order chi connectivity index (χ0) is 18.6. The number of carbonyl (C=O) groups is 1. The first-order chi connectivity index (χ1) is 13.2. The van der Waals surface area contributed by atoms with Crippen LogP contribution in [0, 0.1) is 6.92 Å². The van der Waals surface area contributed by atoms with Crippen molar-refractivity contribution in [1.29, 1.82) is 0 Å². The quantitative estimate of drug-likeness (QED) is 0.697. The molecule has 0 spiro atoms. The molecular weight excluding hydrogens is 338 g/mol. The fraction of sp³-hybridized carbons (Fsp3) is 0.364. The average Bonchev–Trinajstić information content (AvgIpc) is 3.04. The van der Waals surface area contributed by atoms with E-state index in [2.05, 4.69) is 29.2 Å². The number of amides is 1. The van der Waals surface area contributed by atoms with E-state index in [1.807, 2.05) is 46.7 Å². The molecule has 1 unspecified atom stereocenters. The topological polar surface area (TPSA) is 46.8 Å². The molecule has 3 aromatic rings. The van der Waals surface area contributed by atoms with Gasteiger partial charge in [0.25, 0.3) is 5.91 Å². The molecule has 1 fully saturated rings. The van der Waals surface area contributed by atoms with Crippen LogP contribution >= 0.6 is 0 Å². The van der Waals surface area contributed by atoms with Gasteiger partial charge < -0.3 is 9.64 Å². The van der Waals surface area contributed by atoms with Gasteiger partial charge in [0, 0.05) is 19.3 Å². The molecule has 0 bridgehead atoms. The molecule has 1 aliphatic heterocycles. The first-order valence-corrected chi connectivity index (χ1v) is 9.61. The molecule has 0 saturated carbocycles. The number of imidazole rings is 1. The SMILES string of the molecule is Cc1nc2ccccn2c1C(=O)N1CCOC(CCCc2ccccc2)C1. The van der Waals surface area contributed by atoms with Gasteiger partial charge in [-0.05, 0) is 43.9 Å². The van der Waals surface area contributed by atoms with Gasteiger partial charge in [-0.15, -0.1) is 0 Å². The highest BCUT2D eigenvalue weighted by atomic mass is 16.5. The molecule has 5 nitrogen and oxygen atoms in total. The minimum Gasteiger partial charge on any atom is -0.375 e. The van der Waals surface area contributed by atoms with E-state index in [4.69, 9.17) is 4.74 Å². The summed E-state index contributed by atoms with van der Waals surface area (Å²) in [5.74, 6) is 0.0440. The van der Waals surface area contributed by atoms with Crippen molar-refractivity contribution in [2.75, 3.05) is 19.7 Å². The maximum atomic E-state index is 13.1. The van der Waals surface area contributed by atoms with E-state index >= 15 is 0 Å². The Morgan fingerprint density at radius 1 is 1.19 bits per heavy atom. The number of rotatable bonds is 5. The third-order valence-corrected chi connectivity index (χ3v) is 5.17. The van der Waals surface area contributed by atoms with Crippen LogP contribution in [0.2, 0.25) is 0 Å². The van der Waals surface area contributed by atoms with E-state index in [9.17, 15) is 4.79 Å². The second-order valence-corrected chi connectivity index (χ2v) is 7.10. The Labute approximate surface area is 159 Å². The van der Waals surface area contributed by atoms with Gasteiger partial charge in [-0.3, -0.25) is 9.20 Å². The smallest absolute Gasteiger partial charge is 0.272 e. The minimum absolute atomic E-state index is 0.0440. The molecule has 5 heteroatoms. The number of nitrogens with zero attached hydrogens (tertiary/aromatic N) is 3. The number of ether oxygens (including phenoxy) is 1. The largest absolute Gasteiger partial charge is 0.375 e. The molecule has 4 rings (SSSR count). The number of pyridine rings is 1. The van der Waals surface area contributed by atoms with Crippen molar-refractivity contribution >= 4 is 11.6 Å². The van der Waals surface area contributed by atoms with Crippen molar-refractivity contribution in [3.63, 3.8) is 0 Å². The van der Waals surface area contributed by atoms with Gasteiger partial charge in [-0.2, -0.15) is 0 Å². The highest BCUT2D eigenvalue weighted by Crippen LogP contribution is 2.18. The van der Waals surface area contributed by atoms with Crippen LogP contribution in [0.15, 0.2) is 54.7 Å². The van der Waals surface area contributed by atoms with Gasteiger partial charge in [0.05, 0.1) is 18.4 Å². The fourth-order valence-electron chi connectivity index (χ4n) is 3.78. The van der Waals surface area contributed by atoms with Crippen molar-refractivity contribution in [2.45, 2.75) is 32.3 Å². The molecule has 1 aliphatic rings. The van der Waals surface area contributed by atoms with Gasteiger partial charge in [-0.25, -0.2) is 4.98 Å². The lowest BCUT2D eigenvalue weighted by molar-refractivity contribution is -0.0257. The Morgan fingerprint density at radius 2 is 2.00 bits per heavy atom. The number of fused-ring (bicyclic) bond motifs is 1. The Bertz CT molecular complexity index is 920. The Morgan fingerprint density at radius 3 is 2.85 bits per heavy atom. The monoisotopic (exact) mass is 363 g/mol. The van der Waals surface area contributed by atoms with Crippen molar-refractivity contribution in [1.82, 2.24) is 14.3 Å². The van der Waals surface area contributed by atoms with Crippen molar-refractivity contribution in [2.24, 2.45) is 0 Å². The highest BCUT2D eigenvalue weighted by Gasteiger charge is 2.28. The predicted octanol–water partition coefficient (Wildman–Crippen LogP) is 3.51. The van der Waals surface area contributed by atoms with E-state index in [0.29, 0.717) is 25.4 Å². The molecule has 3 heterocycles. The molecule has 1 atom stereocenters. The molecule has 1 aromatic carbocycles. The van der Waals surface area contributed by atoms with Crippen LogP contribution in [0.4, 0.5) is 0 Å². The number of hydrogen-bond acceptors (Lipinski definition) is 3. The van der Waals surface area contributed by atoms with Crippen LogP contribution in [0.5, 0.6) is 0 Å². The molecule has 27 heavy (non-hydrogen) atoms. The van der Waals surface area contributed by atoms with Crippen molar-refractivity contribution < 1.29 is 9.53 Å². The maximum Gasteiger partial charge on any atom is 0.272 e. The third kappa shape index (κ3) is 3.88. The van der Waals surface area contributed by atoms with Gasteiger partial charge in [0.2, 0.25) is 0 Å². The molecular formula is C22H25N3O2. The fourth-order valence-corrected chi connectivity index (χ4v) is 3.78. The Hall–Kier alpha value is -2.66. The number of aromatic nitrogens is 2. The van der Waals surface area contributed by atoms with Crippen LogP contribution in [0.1, 0.15) is 34.6 Å². The number of carbonyl (C=O) groups excluding carboxylic acids is 1. The Kier molecular flexibility index (Phi) is 5.21. The van der Waals surface area contributed by atoms with Gasteiger partial charge in [0.15, 0.2) is 0 Å². The summed E-state index contributed by atoms with van der Waals surface area (Å²) in [6, 6.07) is 16.3. The second-order valence-electron chi connectivity index (χ2n) is 7.10. The molecule has 2 aromatic heterocycles. The lowest BCUT2D eigenvalue weighted by atomic mass is 10.0. The van der Waals surface area contributed by atoms with Crippen LogP contribution in [-0.4, -0.2) is 46.0 Å². The van der Waals surface area contributed by atoms with Gasteiger partial charge in [-0.1, -0.05) is 36.4 Å². The van der Waals surface area contributed by atoms with Crippen LogP contribution in [-0.2, 0) is 11.2 Å². The standard InChI is InChI=1S/C22H25N3O2/c1-17-21(25-13-6-5-12-20(25)23-17)22(26)24-14-15-27-19(16-24)11-7-10-18-8-3-2-4-9-18/h2-6,8-9,12-13,19H,7,10-11,14-16H2,1H3. The lowest BCUT2D eigenvalue weighted by Gasteiger charge is -2.33. The molecule has 0 N–H and O–H groups in total. The number of morpholine rings is 1. The minimum atomic E-state index is 0.0440. The molecule has 1 saturated heterocycles. The van der Waals surface area contributed by atoms with Crippen molar-refractivity contribution in [3.05, 3.63) is 71.7 Å². The van der Waals surface area contributed by atoms with Crippen molar-refractivity contribution in [3.8, 4) is 0 Å². The summed E-state index contributed by atoms with van der Waals surface area (Å²) in [6.07, 6.45) is 5.07. The van der Waals surface area contributed by atoms with E-state index < -0.39 is 0 Å². The number of aryl methyl sites for hydroxylation is 2. The first kappa shape index (κ1) is 17.7. The zero-order valence-electron chi connectivity index (χ0n) is 15.7.